The number of hydrogen-bond donors (Lipinski definition) is 2. The number of anilines is 1. The summed E-state index contributed by atoms with van der Waals surface area (Å²) in [6.07, 6.45) is 0.551. The van der Waals surface area contributed by atoms with Crippen LogP contribution in [-0.4, -0.2) is 21.4 Å². The quantitative estimate of drug-likeness (QED) is 0.553. The molecule has 1 aromatic heterocycles. The Labute approximate surface area is 135 Å². The van der Waals surface area contributed by atoms with Gasteiger partial charge in [-0.15, -0.1) is 0 Å². The Hall–Kier alpha value is -3.47. The zero-order valence-electron chi connectivity index (χ0n) is 12.4. The molecule has 0 saturated carbocycles. The molecule has 0 bridgehead atoms. The highest BCUT2D eigenvalue weighted by atomic mass is 19.1. The predicted octanol–water partition coefficient (Wildman–Crippen LogP) is 3.14. The Bertz CT molecular complexity index is 961. The summed E-state index contributed by atoms with van der Waals surface area (Å²) in [4.78, 5) is 17.6. The van der Waals surface area contributed by atoms with E-state index in [2.05, 4.69) is 15.3 Å². The van der Waals surface area contributed by atoms with E-state index >= 15 is 0 Å². The maximum atomic E-state index is 13.1. The number of halogens is 1. The second-order valence-corrected chi connectivity index (χ2v) is 5.12. The maximum Gasteiger partial charge on any atom is 0.287 e. The van der Waals surface area contributed by atoms with Crippen LogP contribution in [0.3, 0.4) is 0 Å². The lowest BCUT2D eigenvalue weighted by atomic mass is 10.1. The second-order valence-electron chi connectivity index (χ2n) is 5.12. The molecule has 120 valence electrons. The molecule has 0 atom stereocenters. The monoisotopic (exact) mass is 325 g/mol. The van der Waals surface area contributed by atoms with Gasteiger partial charge in [-0.3, -0.25) is 10.1 Å². The van der Waals surface area contributed by atoms with Crippen molar-refractivity contribution < 1.29 is 9.31 Å². The third-order valence-corrected chi connectivity index (χ3v) is 3.50. The molecular formula is C16H12FN5O2. The number of aromatic nitrogens is 2. The molecule has 0 radical (unpaired) electrons. The lowest BCUT2D eigenvalue weighted by Gasteiger charge is -2.05. The molecule has 2 N–H and O–H groups in total. The van der Waals surface area contributed by atoms with Crippen molar-refractivity contribution in [1.29, 1.82) is 5.26 Å². The first-order chi connectivity index (χ1) is 11.6. The number of rotatable bonds is 5. The Morgan fingerprint density at radius 2 is 2.17 bits per heavy atom. The first-order valence-corrected chi connectivity index (χ1v) is 7.13. The van der Waals surface area contributed by atoms with E-state index in [-0.39, 0.29) is 17.1 Å². The van der Waals surface area contributed by atoms with Gasteiger partial charge in [-0.05, 0) is 30.3 Å². The van der Waals surface area contributed by atoms with Crippen LogP contribution >= 0.6 is 0 Å². The lowest BCUT2D eigenvalue weighted by Crippen LogP contribution is -2.06. The number of benzene rings is 2. The summed E-state index contributed by atoms with van der Waals surface area (Å²) in [6.45, 7) is 0.505. The minimum Gasteiger partial charge on any atom is -0.385 e. The smallest absolute Gasteiger partial charge is 0.287 e. The molecule has 7 nitrogen and oxygen atoms in total. The maximum absolute atomic E-state index is 13.1. The number of imidazole rings is 1. The van der Waals surface area contributed by atoms with Crippen LogP contribution in [0.15, 0.2) is 36.4 Å². The summed E-state index contributed by atoms with van der Waals surface area (Å²) in [5, 5.41) is 22.8. The van der Waals surface area contributed by atoms with E-state index < -0.39 is 4.92 Å². The molecule has 1 heterocycles. The fraction of sp³-hybridized carbons (Fsp3) is 0.125. The zero-order valence-corrected chi connectivity index (χ0v) is 12.4. The molecule has 3 rings (SSSR count). The van der Waals surface area contributed by atoms with Crippen LogP contribution in [0.5, 0.6) is 0 Å². The molecule has 0 fully saturated rings. The summed E-state index contributed by atoms with van der Waals surface area (Å²) in [5.41, 5.74) is 1.71. The largest absolute Gasteiger partial charge is 0.385 e. The molecule has 0 aliphatic rings. The third kappa shape index (κ3) is 3.15. The molecule has 0 saturated heterocycles. The molecular weight excluding hydrogens is 313 g/mol. The van der Waals surface area contributed by atoms with Crippen LogP contribution < -0.4 is 5.32 Å². The van der Waals surface area contributed by atoms with Crippen molar-refractivity contribution in [3.63, 3.8) is 0 Å². The van der Waals surface area contributed by atoms with E-state index in [1.165, 1.54) is 24.3 Å². The van der Waals surface area contributed by atoms with Crippen molar-refractivity contribution in [3.8, 4) is 6.07 Å². The number of nitrogens with zero attached hydrogens (tertiary/aromatic N) is 3. The van der Waals surface area contributed by atoms with Gasteiger partial charge in [0.2, 0.25) is 0 Å². The van der Waals surface area contributed by atoms with Crippen LogP contribution in [0.1, 0.15) is 11.4 Å². The van der Waals surface area contributed by atoms with Crippen LogP contribution in [-0.2, 0) is 6.42 Å². The minimum atomic E-state index is -0.587. The molecule has 2 aromatic carbocycles. The first kappa shape index (κ1) is 15.4. The number of nitro benzene ring substituents is 1. The number of nitrogens with one attached hydrogen (secondary N) is 2. The highest BCUT2D eigenvalue weighted by Gasteiger charge is 2.13. The standard InChI is InChI=1S/C16H12FN5O2/c17-11-1-3-13-14(8-11)21-16(20-13)5-6-19-12-2-4-15(22(23)24)10(7-12)9-18/h1-4,7-8,19H,5-6H2,(H,20,21). The number of fused-ring (bicyclic) bond motifs is 1. The van der Waals surface area contributed by atoms with Gasteiger partial charge in [0.1, 0.15) is 23.3 Å². The summed E-state index contributed by atoms with van der Waals surface area (Å²) in [5.74, 6) is 0.372. The molecule has 8 heteroatoms. The molecule has 0 spiro atoms. The van der Waals surface area contributed by atoms with Crippen molar-refractivity contribution in [2.24, 2.45) is 0 Å². The van der Waals surface area contributed by atoms with Gasteiger partial charge in [0.15, 0.2) is 0 Å². The lowest BCUT2D eigenvalue weighted by molar-refractivity contribution is -0.385. The summed E-state index contributed by atoms with van der Waals surface area (Å²) in [7, 11) is 0. The van der Waals surface area contributed by atoms with E-state index in [1.807, 2.05) is 6.07 Å². The van der Waals surface area contributed by atoms with Gasteiger partial charge in [-0.1, -0.05) is 0 Å². The van der Waals surface area contributed by atoms with Crippen molar-refractivity contribution in [1.82, 2.24) is 9.97 Å². The molecule has 3 aromatic rings. The number of nitro groups is 1. The summed E-state index contributed by atoms with van der Waals surface area (Å²) >= 11 is 0. The van der Waals surface area contributed by atoms with Gasteiger partial charge in [0.05, 0.1) is 16.0 Å². The Kier molecular flexibility index (Phi) is 4.07. The van der Waals surface area contributed by atoms with Gasteiger partial charge in [-0.25, -0.2) is 9.37 Å². The number of hydrogen-bond acceptors (Lipinski definition) is 5. The van der Waals surface area contributed by atoms with Crippen molar-refractivity contribution in [2.45, 2.75) is 6.42 Å². The first-order valence-electron chi connectivity index (χ1n) is 7.13. The van der Waals surface area contributed by atoms with E-state index in [0.717, 1.165) is 0 Å². The molecule has 0 aliphatic heterocycles. The Balaban J connectivity index is 1.67. The number of nitriles is 1. The fourth-order valence-electron chi connectivity index (χ4n) is 2.37. The van der Waals surface area contributed by atoms with Crippen LogP contribution in [0, 0.1) is 27.3 Å². The summed E-state index contributed by atoms with van der Waals surface area (Å²) in [6, 6.07) is 10.4. The molecule has 0 aliphatic carbocycles. The van der Waals surface area contributed by atoms with Crippen molar-refractivity contribution in [3.05, 3.63) is 63.7 Å². The number of aromatic amines is 1. The highest BCUT2D eigenvalue weighted by molar-refractivity contribution is 5.74. The van der Waals surface area contributed by atoms with Gasteiger partial charge < -0.3 is 10.3 Å². The SMILES string of the molecule is N#Cc1cc(NCCc2nc3ccc(F)cc3[nH]2)ccc1[N+](=O)[O-]. The topological polar surface area (TPSA) is 108 Å². The number of H-pyrrole nitrogens is 1. The van der Waals surface area contributed by atoms with Crippen molar-refractivity contribution in [2.75, 3.05) is 11.9 Å². The van der Waals surface area contributed by atoms with Gasteiger partial charge in [0, 0.05) is 24.7 Å². The van der Waals surface area contributed by atoms with Crippen molar-refractivity contribution >= 4 is 22.4 Å². The van der Waals surface area contributed by atoms with Crippen LogP contribution in [0.25, 0.3) is 11.0 Å². The van der Waals surface area contributed by atoms with E-state index in [4.69, 9.17) is 5.26 Å². The Morgan fingerprint density at radius 3 is 2.92 bits per heavy atom. The van der Waals surface area contributed by atoms with Gasteiger partial charge in [0.25, 0.3) is 5.69 Å². The normalized spacial score (nSPS) is 10.5. The zero-order chi connectivity index (χ0) is 17.1. The predicted molar refractivity (Wildman–Crippen MR) is 86.1 cm³/mol. The molecule has 0 unspecified atom stereocenters. The van der Waals surface area contributed by atoms with Gasteiger partial charge >= 0.3 is 0 Å². The minimum absolute atomic E-state index is 0.00390. The van der Waals surface area contributed by atoms with Crippen LogP contribution in [0.2, 0.25) is 0 Å². The highest BCUT2D eigenvalue weighted by Crippen LogP contribution is 2.21. The van der Waals surface area contributed by atoms with E-state index in [0.29, 0.717) is 35.5 Å². The fourth-order valence-corrected chi connectivity index (χ4v) is 2.37. The third-order valence-electron chi connectivity index (χ3n) is 3.50. The van der Waals surface area contributed by atoms with E-state index in [9.17, 15) is 14.5 Å². The van der Waals surface area contributed by atoms with Gasteiger partial charge in [-0.2, -0.15) is 5.26 Å². The molecule has 0 amide bonds. The summed E-state index contributed by atoms with van der Waals surface area (Å²) < 4.78 is 13.1. The van der Waals surface area contributed by atoms with E-state index in [1.54, 1.807) is 12.1 Å². The Morgan fingerprint density at radius 1 is 1.33 bits per heavy atom. The second kappa shape index (κ2) is 6.34. The average molecular weight is 325 g/mol. The van der Waals surface area contributed by atoms with Crippen LogP contribution in [0.4, 0.5) is 15.8 Å². The molecule has 24 heavy (non-hydrogen) atoms. The average Bonchev–Trinajstić information content (AvgIpc) is 2.96.